The lowest BCUT2D eigenvalue weighted by atomic mass is 10.2. The molecule has 0 atom stereocenters. The van der Waals surface area contributed by atoms with Gasteiger partial charge in [0.05, 0.1) is 10.0 Å². The van der Waals surface area contributed by atoms with E-state index in [1.54, 1.807) is 24.3 Å². The van der Waals surface area contributed by atoms with E-state index in [-0.39, 0.29) is 5.91 Å². The van der Waals surface area contributed by atoms with Crippen LogP contribution in [0.1, 0.15) is 12.5 Å². The van der Waals surface area contributed by atoms with Crippen molar-refractivity contribution in [3.8, 4) is 0 Å². The first kappa shape index (κ1) is 15.4. The number of hydrogen-bond acceptors (Lipinski definition) is 2. The summed E-state index contributed by atoms with van der Waals surface area (Å²) in [5, 5.41) is 1.02. The van der Waals surface area contributed by atoms with E-state index in [2.05, 4.69) is 11.8 Å². The first-order chi connectivity index (χ1) is 9.60. The summed E-state index contributed by atoms with van der Waals surface area (Å²) in [5.41, 5.74) is 0.875. The van der Waals surface area contributed by atoms with E-state index in [1.807, 2.05) is 11.0 Å². The van der Waals surface area contributed by atoms with Crippen molar-refractivity contribution in [2.24, 2.45) is 0 Å². The molecule has 1 aromatic carbocycles. The molecule has 20 heavy (non-hydrogen) atoms. The molecule has 1 amide bonds. The van der Waals surface area contributed by atoms with Gasteiger partial charge in [0.2, 0.25) is 5.91 Å². The van der Waals surface area contributed by atoms with E-state index in [4.69, 9.17) is 23.2 Å². The minimum atomic E-state index is 0.0480. The highest BCUT2D eigenvalue weighted by atomic mass is 35.5. The molecule has 108 valence electrons. The number of rotatable bonds is 3. The number of amides is 1. The Morgan fingerprint density at radius 1 is 1.20 bits per heavy atom. The number of benzene rings is 1. The molecule has 2 rings (SSSR count). The van der Waals surface area contributed by atoms with E-state index in [9.17, 15) is 4.79 Å². The molecular formula is C15H18Cl2N2O. The number of nitrogens with zero attached hydrogens (tertiary/aromatic N) is 2. The molecule has 1 saturated heterocycles. The molecule has 1 fully saturated rings. The van der Waals surface area contributed by atoms with Gasteiger partial charge in [0.1, 0.15) is 0 Å². The van der Waals surface area contributed by atoms with E-state index < -0.39 is 0 Å². The Morgan fingerprint density at radius 3 is 2.50 bits per heavy atom. The van der Waals surface area contributed by atoms with Gasteiger partial charge >= 0.3 is 0 Å². The Hall–Kier alpha value is -1.03. The molecule has 0 aromatic heterocycles. The van der Waals surface area contributed by atoms with E-state index in [0.717, 1.165) is 38.3 Å². The van der Waals surface area contributed by atoms with Gasteiger partial charge in [0.15, 0.2) is 0 Å². The average molecular weight is 313 g/mol. The van der Waals surface area contributed by atoms with Crippen LogP contribution in [0.4, 0.5) is 0 Å². The van der Waals surface area contributed by atoms with Crippen LogP contribution in [0.15, 0.2) is 24.3 Å². The predicted molar refractivity (Wildman–Crippen MR) is 84.2 cm³/mol. The van der Waals surface area contributed by atoms with Gasteiger partial charge in [-0.25, -0.2) is 0 Å². The highest BCUT2D eigenvalue weighted by Crippen LogP contribution is 2.23. The zero-order valence-electron chi connectivity index (χ0n) is 11.5. The van der Waals surface area contributed by atoms with Crippen LogP contribution in [-0.2, 0) is 4.79 Å². The zero-order valence-corrected chi connectivity index (χ0v) is 13.0. The highest BCUT2D eigenvalue weighted by Gasteiger charge is 2.18. The van der Waals surface area contributed by atoms with Gasteiger partial charge < -0.3 is 9.80 Å². The first-order valence-electron chi connectivity index (χ1n) is 6.74. The fraction of sp³-hybridized carbons (Fsp3) is 0.400. The molecule has 5 heteroatoms. The second kappa shape index (κ2) is 7.11. The molecule has 0 N–H and O–H groups in total. The summed E-state index contributed by atoms with van der Waals surface area (Å²) >= 11 is 11.8. The van der Waals surface area contributed by atoms with Crippen LogP contribution < -0.4 is 0 Å². The summed E-state index contributed by atoms with van der Waals surface area (Å²) in [5.74, 6) is 0.0480. The van der Waals surface area contributed by atoms with Crippen molar-refractivity contribution in [3.63, 3.8) is 0 Å². The molecule has 0 aliphatic carbocycles. The van der Waals surface area contributed by atoms with E-state index in [1.165, 1.54) is 0 Å². The zero-order chi connectivity index (χ0) is 14.5. The van der Waals surface area contributed by atoms with Crippen LogP contribution in [-0.4, -0.2) is 48.4 Å². The number of carbonyl (C=O) groups is 1. The molecule has 1 aliphatic rings. The van der Waals surface area contributed by atoms with Crippen LogP contribution in [0.2, 0.25) is 10.0 Å². The number of halogens is 2. The minimum absolute atomic E-state index is 0.0480. The molecule has 0 spiro atoms. The van der Waals surface area contributed by atoms with E-state index in [0.29, 0.717) is 10.0 Å². The Balaban J connectivity index is 1.94. The predicted octanol–water partition coefficient (Wildman–Crippen LogP) is 3.17. The lowest BCUT2D eigenvalue weighted by Gasteiger charge is -2.33. The van der Waals surface area contributed by atoms with Crippen LogP contribution in [0.5, 0.6) is 0 Å². The van der Waals surface area contributed by atoms with Crippen LogP contribution >= 0.6 is 23.2 Å². The quantitative estimate of drug-likeness (QED) is 0.800. The van der Waals surface area contributed by atoms with Gasteiger partial charge in [0.25, 0.3) is 0 Å². The Labute approximate surface area is 129 Å². The van der Waals surface area contributed by atoms with Gasteiger partial charge in [-0.2, -0.15) is 0 Å². The molecule has 0 bridgehead atoms. The largest absolute Gasteiger partial charge is 0.337 e. The van der Waals surface area contributed by atoms with Crippen molar-refractivity contribution >= 4 is 35.2 Å². The van der Waals surface area contributed by atoms with E-state index >= 15 is 0 Å². The first-order valence-corrected chi connectivity index (χ1v) is 7.50. The third-order valence-corrected chi connectivity index (χ3v) is 4.23. The molecule has 0 radical (unpaired) electrons. The average Bonchev–Trinajstić information content (AvgIpc) is 2.48. The molecule has 1 heterocycles. The van der Waals surface area contributed by atoms with Crippen molar-refractivity contribution in [2.45, 2.75) is 6.92 Å². The van der Waals surface area contributed by atoms with Crippen molar-refractivity contribution in [3.05, 3.63) is 39.9 Å². The van der Waals surface area contributed by atoms with Crippen LogP contribution in [0, 0.1) is 0 Å². The van der Waals surface area contributed by atoms with Crippen molar-refractivity contribution in [1.82, 2.24) is 9.80 Å². The Morgan fingerprint density at radius 2 is 1.90 bits per heavy atom. The summed E-state index contributed by atoms with van der Waals surface area (Å²) in [6, 6.07) is 5.32. The summed E-state index contributed by atoms with van der Waals surface area (Å²) in [6.07, 6.45) is 3.37. The van der Waals surface area contributed by atoms with Gasteiger partial charge in [-0.15, -0.1) is 0 Å². The minimum Gasteiger partial charge on any atom is -0.337 e. The second-order valence-corrected chi connectivity index (χ2v) is 5.58. The van der Waals surface area contributed by atoms with Crippen molar-refractivity contribution in [1.29, 1.82) is 0 Å². The summed E-state index contributed by atoms with van der Waals surface area (Å²) < 4.78 is 0. The van der Waals surface area contributed by atoms with Gasteiger partial charge in [-0.3, -0.25) is 4.79 Å². The molecule has 0 unspecified atom stereocenters. The van der Waals surface area contributed by atoms with Crippen LogP contribution in [0.25, 0.3) is 6.08 Å². The maximum atomic E-state index is 12.1. The Bertz CT molecular complexity index is 509. The Kier molecular flexibility index (Phi) is 5.46. The van der Waals surface area contributed by atoms with Crippen molar-refractivity contribution in [2.75, 3.05) is 32.7 Å². The normalized spacial score (nSPS) is 16.9. The third kappa shape index (κ3) is 3.98. The fourth-order valence-corrected chi connectivity index (χ4v) is 2.48. The molecule has 0 saturated carbocycles. The SMILES string of the molecule is CCN1CCN(C(=O)/C=C/c2ccc(Cl)c(Cl)c2)CC1. The topological polar surface area (TPSA) is 23.6 Å². The smallest absolute Gasteiger partial charge is 0.246 e. The molecular weight excluding hydrogens is 295 g/mol. The highest BCUT2D eigenvalue weighted by molar-refractivity contribution is 6.42. The van der Waals surface area contributed by atoms with Crippen molar-refractivity contribution < 1.29 is 4.79 Å². The van der Waals surface area contributed by atoms with Gasteiger partial charge in [0, 0.05) is 32.3 Å². The fourth-order valence-electron chi connectivity index (χ4n) is 2.17. The van der Waals surface area contributed by atoms with Crippen LogP contribution in [0.3, 0.4) is 0 Å². The number of likely N-dealkylation sites (N-methyl/N-ethyl adjacent to an activating group) is 1. The summed E-state index contributed by atoms with van der Waals surface area (Å²) in [4.78, 5) is 16.3. The van der Waals surface area contributed by atoms with Gasteiger partial charge in [-0.1, -0.05) is 36.2 Å². The van der Waals surface area contributed by atoms with Gasteiger partial charge in [-0.05, 0) is 30.3 Å². The maximum Gasteiger partial charge on any atom is 0.246 e. The molecule has 3 nitrogen and oxygen atoms in total. The monoisotopic (exact) mass is 312 g/mol. The third-order valence-electron chi connectivity index (χ3n) is 3.49. The standard InChI is InChI=1S/C15H18Cl2N2O/c1-2-18-7-9-19(10-8-18)15(20)6-4-12-3-5-13(16)14(17)11-12/h3-6,11H,2,7-10H2,1H3/b6-4+. The molecule has 1 aliphatic heterocycles. The maximum absolute atomic E-state index is 12.1. The number of carbonyl (C=O) groups excluding carboxylic acids is 1. The lowest BCUT2D eigenvalue weighted by molar-refractivity contribution is -0.127. The molecule has 1 aromatic rings. The number of hydrogen-bond donors (Lipinski definition) is 0. The lowest BCUT2D eigenvalue weighted by Crippen LogP contribution is -2.48. The summed E-state index contributed by atoms with van der Waals surface area (Å²) in [6.45, 7) is 6.66. The second-order valence-electron chi connectivity index (χ2n) is 4.77. The summed E-state index contributed by atoms with van der Waals surface area (Å²) in [7, 11) is 0. The number of piperazine rings is 1.